The first-order valence-electron chi connectivity index (χ1n) is 5.67. The largest absolute Gasteiger partial charge is 0.387 e. The second kappa shape index (κ2) is 5.06. The SMILES string of the molecule is CC(O)c1ccc(N2CCSCC2C)cn1. The first kappa shape index (κ1) is 11.7. The Hall–Kier alpha value is -0.740. The van der Waals surface area contributed by atoms with E-state index in [4.69, 9.17) is 0 Å². The predicted octanol–water partition coefficient (Wildman–Crippen LogP) is 2.08. The molecule has 0 aromatic carbocycles. The van der Waals surface area contributed by atoms with E-state index in [0.717, 1.165) is 17.9 Å². The van der Waals surface area contributed by atoms with Crippen LogP contribution in [0.15, 0.2) is 18.3 Å². The molecule has 16 heavy (non-hydrogen) atoms. The number of anilines is 1. The van der Waals surface area contributed by atoms with Crippen molar-refractivity contribution >= 4 is 17.4 Å². The van der Waals surface area contributed by atoms with Gasteiger partial charge in [0.15, 0.2) is 0 Å². The molecule has 1 aliphatic rings. The molecule has 0 saturated carbocycles. The normalized spacial score (nSPS) is 23.2. The molecule has 0 bridgehead atoms. The van der Waals surface area contributed by atoms with E-state index >= 15 is 0 Å². The minimum absolute atomic E-state index is 0.483. The molecule has 1 aromatic rings. The summed E-state index contributed by atoms with van der Waals surface area (Å²) in [7, 11) is 0. The molecule has 3 nitrogen and oxygen atoms in total. The maximum atomic E-state index is 9.40. The lowest BCUT2D eigenvalue weighted by atomic mass is 10.2. The molecule has 2 unspecified atom stereocenters. The third-order valence-electron chi connectivity index (χ3n) is 2.90. The standard InChI is InChI=1S/C12H18N2OS/c1-9-8-16-6-5-14(9)11-3-4-12(10(2)15)13-7-11/h3-4,7,9-10,15H,5-6,8H2,1-2H3. The van der Waals surface area contributed by atoms with E-state index in [0.29, 0.717) is 6.04 Å². The van der Waals surface area contributed by atoms with Crippen molar-refractivity contribution in [3.63, 3.8) is 0 Å². The first-order chi connectivity index (χ1) is 7.68. The zero-order valence-corrected chi connectivity index (χ0v) is 10.6. The lowest BCUT2D eigenvalue weighted by Gasteiger charge is -2.34. The molecule has 2 heterocycles. The van der Waals surface area contributed by atoms with Gasteiger partial charge in [0.2, 0.25) is 0 Å². The summed E-state index contributed by atoms with van der Waals surface area (Å²) >= 11 is 2.01. The number of rotatable bonds is 2. The van der Waals surface area contributed by atoms with Crippen LogP contribution in [-0.4, -0.2) is 34.2 Å². The fourth-order valence-corrected chi connectivity index (χ4v) is 2.94. The fraction of sp³-hybridized carbons (Fsp3) is 0.583. The van der Waals surface area contributed by atoms with E-state index in [1.54, 1.807) is 6.92 Å². The van der Waals surface area contributed by atoms with Crippen LogP contribution in [0, 0.1) is 0 Å². The number of hydrogen-bond acceptors (Lipinski definition) is 4. The van der Waals surface area contributed by atoms with Gasteiger partial charge in [-0.05, 0) is 26.0 Å². The highest BCUT2D eigenvalue weighted by atomic mass is 32.2. The van der Waals surface area contributed by atoms with Gasteiger partial charge in [-0.1, -0.05) is 0 Å². The Morgan fingerprint density at radius 1 is 1.56 bits per heavy atom. The summed E-state index contributed by atoms with van der Waals surface area (Å²) in [6.07, 6.45) is 1.39. The highest BCUT2D eigenvalue weighted by Gasteiger charge is 2.19. The highest BCUT2D eigenvalue weighted by Crippen LogP contribution is 2.23. The summed E-state index contributed by atoms with van der Waals surface area (Å²) in [6, 6.07) is 4.54. The molecular weight excluding hydrogens is 220 g/mol. The lowest BCUT2D eigenvalue weighted by Crippen LogP contribution is -2.40. The third kappa shape index (κ3) is 2.50. The van der Waals surface area contributed by atoms with Gasteiger partial charge >= 0.3 is 0 Å². The van der Waals surface area contributed by atoms with Gasteiger partial charge in [0.1, 0.15) is 0 Å². The summed E-state index contributed by atoms with van der Waals surface area (Å²) in [6.45, 7) is 5.07. The van der Waals surface area contributed by atoms with E-state index in [9.17, 15) is 5.11 Å². The van der Waals surface area contributed by atoms with E-state index in [1.165, 1.54) is 11.5 Å². The monoisotopic (exact) mass is 238 g/mol. The zero-order valence-electron chi connectivity index (χ0n) is 9.76. The summed E-state index contributed by atoms with van der Waals surface area (Å²) in [5.41, 5.74) is 1.90. The van der Waals surface area contributed by atoms with E-state index in [2.05, 4.69) is 22.9 Å². The van der Waals surface area contributed by atoms with Crippen LogP contribution in [0.5, 0.6) is 0 Å². The Morgan fingerprint density at radius 3 is 2.94 bits per heavy atom. The Balaban J connectivity index is 2.14. The molecule has 0 radical (unpaired) electrons. The number of hydrogen-bond donors (Lipinski definition) is 1. The number of pyridine rings is 1. The van der Waals surface area contributed by atoms with Gasteiger partial charge in [-0.25, -0.2) is 0 Å². The molecule has 1 N–H and O–H groups in total. The molecule has 0 spiro atoms. The molecule has 88 valence electrons. The van der Waals surface area contributed by atoms with Gasteiger partial charge in [0.05, 0.1) is 23.7 Å². The van der Waals surface area contributed by atoms with Crippen LogP contribution in [-0.2, 0) is 0 Å². The van der Waals surface area contributed by atoms with Gasteiger partial charge in [-0.2, -0.15) is 11.8 Å². The van der Waals surface area contributed by atoms with Gasteiger partial charge in [0, 0.05) is 24.1 Å². The lowest BCUT2D eigenvalue weighted by molar-refractivity contribution is 0.194. The third-order valence-corrected chi connectivity index (χ3v) is 4.09. The molecule has 4 heteroatoms. The molecule has 1 saturated heterocycles. The van der Waals surface area contributed by atoms with Crippen LogP contribution in [0.2, 0.25) is 0 Å². The van der Waals surface area contributed by atoms with Crippen LogP contribution in [0.4, 0.5) is 5.69 Å². The number of aliphatic hydroxyl groups is 1. The quantitative estimate of drug-likeness (QED) is 0.856. The first-order valence-corrected chi connectivity index (χ1v) is 6.82. The maximum Gasteiger partial charge on any atom is 0.0931 e. The molecule has 0 aliphatic carbocycles. The van der Waals surface area contributed by atoms with Gasteiger partial charge < -0.3 is 10.0 Å². The average molecular weight is 238 g/mol. The van der Waals surface area contributed by atoms with Gasteiger partial charge in [-0.15, -0.1) is 0 Å². The van der Waals surface area contributed by atoms with Gasteiger partial charge in [0.25, 0.3) is 0 Å². The molecule has 2 atom stereocenters. The predicted molar refractivity (Wildman–Crippen MR) is 69.0 cm³/mol. The summed E-state index contributed by atoms with van der Waals surface area (Å²) in [5, 5.41) is 9.40. The van der Waals surface area contributed by atoms with Crippen molar-refractivity contribution in [3.8, 4) is 0 Å². The van der Waals surface area contributed by atoms with Crippen molar-refractivity contribution in [2.75, 3.05) is 23.0 Å². The number of aliphatic hydroxyl groups excluding tert-OH is 1. The van der Waals surface area contributed by atoms with Crippen LogP contribution in [0.25, 0.3) is 0 Å². The molecule has 1 aliphatic heterocycles. The maximum absolute atomic E-state index is 9.40. The number of nitrogens with zero attached hydrogens (tertiary/aromatic N) is 2. The number of thioether (sulfide) groups is 1. The van der Waals surface area contributed by atoms with Crippen molar-refractivity contribution < 1.29 is 5.11 Å². The zero-order chi connectivity index (χ0) is 11.5. The topological polar surface area (TPSA) is 36.4 Å². The highest BCUT2D eigenvalue weighted by molar-refractivity contribution is 7.99. The van der Waals surface area contributed by atoms with Crippen molar-refractivity contribution in [1.82, 2.24) is 4.98 Å². The van der Waals surface area contributed by atoms with Crippen molar-refractivity contribution in [2.24, 2.45) is 0 Å². The van der Waals surface area contributed by atoms with Crippen molar-refractivity contribution in [2.45, 2.75) is 26.0 Å². The van der Waals surface area contributed by atoms with Gasteiger partial charge in [-0.3, -0.25) is 4.98 Å². The number of aromatic nitrogens is 1. The van der Waals surface area contributed by atoms with Crippen LogP contribution >= 0.6 is 11.8 Å². The Kier molecular flexibility index (Phi) is 3.71. The minimum atomic E-state index is -0.483. The second-order valence-electron chi connectivity index (χ2n) is 4.23. The Labute approximate surface area is 101 Å². The fourth-order valence-electron chi connectivity index (χ4n) is 1.93. The minimum Gasteiger partial charge on any atom is -0.387 e. The van der Waals surface area contributed by atoms with Crippen molar-refractivity contribution in [3.05, 3.63) is 24.0 Å². The smallest absolute Gasteiger partial charge is 0.0931 e. The summed E-state index contributed by atoms with van der Waals surface area (Å²) in [5.74, 6) is 2.36. The molecule has 1 aromatic heterocycles. The Bertz CT molecular complexity index is 339. The molecular formula is C12H18N2OS. The van der Waals surface area contributed by atoms with E-state index in [1.807, 2.05) is 24.0 Å². The molecule has 1 fully saturated rings. The van der Waals surface area contributed by atoms with Crippen LogP contribution in [0.3, 0.4) is 0 Å². The molecule has 0 amide bonds. The average Bonchev–Trinajstić information content (AvgIpc) is 2.30. The van der Waals surface area contributed by atoms with Crippen LogP contribution < -0.4 is 4.90 Å². The molecule has 2 rings (SSSR count). The Morgan fingerprint density at radius 2 is 2.38 bits per heavy atom. The second-order valence-corrected chi connectivity index (χ2v) is 5.38. The van der Waals surface area contributed by atoms with E-state index < -0.39 is 6.10 Å². The van der Waals surface area contributed by atoms with Crippen LogP contribution in [0.1, 0.15) is 25.6 Å². The summed E-state index contributed by atoms with van der Waals surface area (Å²) in [4.78, 5) is 6.67. The van der Waals surface area contributed by atoms with E-state index in [-0.39, 0.29) is 0 Å². The summed E-state index contributed by atoms with van der Waals surface area (Å²) < 4.78 is 0. The van der Waals surface area contributed by atoms with Crippen molar-refractivity contribution in [1.29, 1.82) is 0 Å².